The van der Waals surface area contributed by atoms with Crippen molar-refractivity contribution < 1.29 is 23.8 Å². The molecular weight excluding hydrogens is 303 g/mol. The smallest absolute Gasteiger partial charge is 0.408 e. The highest BCUT2D eigenvalue weighted by molar-refractivity contribution is 5.68. The molecule has 0 spiro atoms. The number of alkyl carbamates (subject to hydrolysis) is 1. The van der Waals surface area contributed by atoms with Crippen LogP contribution in [0.15, 0.2) is 18.2 Å². The predicted octanol–water partition coefficient (Wildman–Crippen LogP) is 2.11. The molecule has 0 aliphatic rings. The van der Waals surface area contributed by atoms with E-state index in [0.29, 0.717) is 11.3 Å². The number of hydrogen-bond acceptors (Lipinski definition) is 5. The Morgan fingerprint density at radius 1 is 1.43 bits per heavy atom. The maximum absolute atomic E-state index is 13.3. The quantitative estimate of drug-likeness (QED) is 0.743. The Labute approximate surface area is 135 Å². The third kappa shape index (κ3) is 6.83. The topological polar surface area (TPSA) is 93.8 Å². The summed E-state index contributed by atoms with van der Waals surface area (Å²) in [6, 6.07) is 2.96. The third-order valence-electron chi connectivity index (χ3n) is 2.84. The average Bonchev–Trinajstić information content (AvgIpc) is 2.42. The third-order valence-corrected chi connectivity index (χ3v) is 2.84. The highest BCUT2D eigenvalue weighted by Crippen LogP contribution is 2.24. The normalized spacial score (nSPS) is 14.0. The molecule has 0 fully saturated rings. The van der Waals surface area contributed by atoms with Crippen molar-refractivity contribution in [2.45, 2.75) is 45.4 Å². The van der Waals surface area contributed by atoms with Crippen LogP contribution in [0, 0.1) is 5.82 Å². The second-order valence-electron chi connectivity index (χ2n) is 6.31. The Kier molecular flexibility index (Phi) is 6.78. The van der Waals surface area contributed by atoms with Gasteiger partial charge in [0.2, 0.25) is 0 Å². The van der Waals surface area contributed by atoms with Crippen molar-refractivity contribution in [2.24, 2.45) is 5.73 Å². The number of aliphatic hydroxyl groups is 1. The molecule has 1 rings (SSSR count). The van der Waals surface area contributed by atoms with Crippen molar-refractivity contribution in [3.8, 4) is 5.75 Å². The van der Waals surface area contributed by atoms with Crippen LogP contribution in [-0.2, 0) is 4.74 Å². The number of benzene rings is 1. The molecule has 1 aromatic carbocycles. The minimum atomic E-state index is -0.657. The molecule has 1 unspecified atom stereocenters. The van der Waals surface area contributed by atoms with Gasteiger partial charge in [-0.2, -0.15) is 0 Å². The van der Waals surface area contributed by atoms with Gasteiger partial charge >= 0.3 is 6.09 Å². The Balaban J connectivity index is 2.66. The van der Waals surface area contributed by atoms with E-state index in [0.717, 1.165) is 0 Å². The molecular formula is C16H25FN2O4. The van der Waals surface area contributed by atoms with Gasteiger partial charge in [0.25, 0.3) is 0 Å². The first-order chi connectivity index (χ1) is 10.6. The maximum Gasteiger partial charge on any atom is 0.408 e. The summed E-state index contributed by atoms with van der Waals surface area (Å²) in [6.07, 6.45) is -0.647. The highest BCUT2D eigenvalue weighted by atomic mass is 19.1. The fourth-order valence-electron chi connectivity index (χ4n) is 1.81. The van der Waals surface area contributed by atoms with Crippen LogP contribution in [0.3, 0.4) is 0 Å². The summed E-state index contributed by atoms with van der Waals surface area (Å²) in [6.45, 7) is 6.61. The van der Waals surface area contributed by atoms with Crippen LogP contribution in [0.2, 0.25) is 0 Å². The van der Waals surface area contributed by atoms with Gasteiger partial charge in [0.1, 0.15) is 23.8 Å². The minimum absolute atomic E-state index is 0.00109. The summed E-state index contributed by atoms with van der Waals surface area (Å²) < 4.78 is 24.0. The number of amides is 1. The van der Waals surface area contributed by atoms with Crippen LogP contribution in [0.5, 0.6) is 5.75 Å². The number of nitrogens with one attached hydrogen (secondary N) is 1. The number of nitrogens with two attached hydrogens (primary N) is 1. The second-order valence-corrected chi connectivity index (χ2v) is 6.31. The van der Waals surface area contributed by atoms with Crippen LogP contribution >= 0.6 is 0 Å². The number of carbonyl (C=O) groups is 1. The predicted molar refractivity (Wildman–Crippen MR) is 84.7 cm³/mol. The molecule has 2 atom stereocenters. The first-order valence-electron chi connectivity index (χ1n) is 7.40. The van der Waals surface area contributed by atoms with Crippen LogP contribution < -0.4 is 15.8 Å². The summed E-state index contributed by atoms with van der Waals surface area (Å²) in [5, 5.41) is 11.9. The summed E-state index contributed by atoms with van der Waals surface area (Å²) in [7, 11) is 0. The van der Waals surface area contributed by atoms with E-state index in [1.165, 1.54) is 18.2 Å². The molecule has 0 bridgehead atoms. The van der Waals surface area contributed by atoms with Gasteiger partial charge < -0.3 is 25.6 Å². The number of halogens is 1. The van der Waals surface area contributed by atoms with Crippen LogP contribution in [0.4, 0.5) is 9.18 Å². The molecule has 0 saturated heterocycles. The molecule has 1 aromatic rings. The van der Waals surface area contributed by atoms with E-state index in [4.69, 9.17) is 15.2 Å². The fraction of sp³-hybridized carbons (Fsp3) is 0.562. The van der Waals surface area contributed by atoms with Crippen molar-refractivity contribution >= 4 is 6.09 Å². The number of hydrogen-bond donors (Lipinski definition) is 3. The van der Waals surface area contributed by atoms with E-state index in [-0.39, 0.29) is 13.2 Å². The standard InChI is InChI=1S/C16H25FN2O4/c1-10(18)13-7-11(17)5-6-14(13)22-9-12(8-20)19-15(21)23-16(2,3)4/h5-7,10,12,20H,8-9,18H2,1-4H3,(H,19,21)/t10-,12?/m1/s1. The monoisotopic (exact) mass is 328 g/mol. The van der Waals surface area contributed by atoms with Crippen molar-refractivity contribution in [1.29, 1.82) is 0 Å². The Bertz CT molecular complexity index is 529. The Hall–Kier alpha value is -1.86. The van der Waals surface area contributed by atoms with Gasteiger partial charge in [-0.1, -0.05) is 0 Å². The van der Waals surface area contributed by atoms with Crippen molar-refractivity contribution in [1.82, 2.24) is 5.32 Å². The summed E-state index contributed by atoms with van der Waals surface area (Å²) in [5.41, 5.74) is 5.66. The number of rotatable bonds is 6. The van der Waals surface area contributed by atoms with Gasteiger partial charge in [0.05, 0.1) is 12.6 Å². The van der Waals surface area contributed by atoms with Crippen molar-refractivity contribution in [2.75, 3.05) is 13.2 Å². The molecule has 1 amide bonds. The molecule has 23 heavy (non-hydrogen) atoms. The van der Waals surface area contributed by atoms with E-state index in [1.807, 2.05) is 0 Å². The zero-order valence-corrected chi connectivity index (χ0v) is 13.9. The number of aliphatic hydroxyl groups excluding tert-OH is 1. The lowest BCUT2D eigenvalue weighted by molar-refractivity contribution is 0.0458. The zero-order valence-electron chi connectivity index (χ0n) is 13.9. The lowest BCUT2D eigenvalue weighted by Crippen LogP contribution is -2.44. The lowest BCUT2D eigenvalue weighted by atomic mass is 10.1. The molecule has 130 valence electrons. The van der Waals surface area contributed by atoms with E-state index >= 15 is 0 Å². The van der Waals surface area contributed by atoms with Gasteiger partial charge in [-0.15, -0.1) is 0 Å². The molecule has 7 heteroatoms. The van der Waals surface area contributed by atoms with Gasteiger partial charge in [-0.25, -0.2) is 9.18 Å². The van der Waals surface area contributed by atoms with Crippen LogP contribution in [-0.4, -0.2) is 36.1 Å². The number of carbonyl (C=O) groups excluding carboxylic acids is 1. The summed E-state index contributed by atoms with van der Waals surface area (Å²) in [5.74, 6) is 0.000997. The maximum atomic E-state index is 13.3. The molecule has 0 heterocycles. The molecule has 0 aliphatic carbocycles. The van der Waals surface area contributed by atoms with Gasteiger partial charge in [0, 0.05) is 11.6 Å². The van der Waals surface area contributed by atoms with E-state index in [2.05, 4.69) is 5.32 Å². The summed E-state index contributed by atoms with van der Waals surface area (Å²) >= 11 is 0. The lowest BCUT2D eigenvalue weighted by Gasteiger charge is -2.23. The SMILES string of the molecule is C[C@@H](N)c1cc(F)ccc1OCC(CO)NC(=O)OC(C)(C)C. The number of ether oxygens (including phenoxy) is 2. The van der Waals surface area contributed by atoms with E-state index in [9.17, 15) is 14.3 Å². The fourth-order valence-corrected chi connectivity index (χ4v) is 1.81. The first kappa shape index (κ1) is 19.2. The van der Waals surface area contributed by atoms with Gasteiger partial charge in [0.15, 0.2) is 0 Å². The second kappa shape index (κ2) is 8.12. The van der Waals surface area contributed by atoms with Gasteiger partial charge in [-0.3, -0.25) is 0 Å². The minimum Gasteiger partial charge on any atom is -0.491 e. The van der Waals surface area contributed by atoms with Gasteiger partial charge in [-0.05, 0) is 45.9 Å². The first-order valence-corrected chi connectivity index (χ1v) is 7.40. The Morgan fingerprint density at radius 2 is 2.09 bits per heavy atom. The molecule has 0 radical (unpaired) electrons. The van der Waals surface area contributed by atoms with Crippen LogP contribution in [0.1, 0.15) is 39.3 Å². The molecule has 0 aromatic heterocycles. The zero-order chi connectivity index (χ0) is 17.6. The largest absolute Gasteiger partial charge is 0.491 e. The average molecular weight is 328 g/mol. The summed E-state index contributed by atoms with van der Waals surface area (Å²) in [4.78, 5) is 11.7. The highest BCUT2D eigenvalue weighted by Gasteiger charge is 2.20. The van der Waals surface area contributed by atoms with Crippen LogP contribution in [0.25, 0.3) is 0 Å². The molecule has 0 saturated carbocycles. The van der Waals surface area contributed by atoms with E-state index in [1.54, 1.807) is 27.7 Å². The van der Waals surface area contributed by atoms with Crippen molar-refractivity contribution in [3.63, 3.8) is 0 Å². The molecule has 4 N–H and O–H groups in total. The molecule has 0 aliphatic heterocycles. The molecule has 6 nitrogen and oxygen atoms in total. The van der Waals surface area contributed by atoms with Crippen molar-refractivity contribution in [3.05, 3.63) is 29.6 Å². The van der Waals surface area contributed by atoms with E-state index < -0.39 is 29.6 Å². The Morgan fingerprint density at radius 3 is 2.61 bits per heavy atom.